The fraction of sp³-hybridized carbons (Fsp3) is 0.462. The highest BCUT2D eigenvalue weighted by molar-refractivity contribution is 7.89. The summed E-state index contributed by atoms with van der Waals surface area (Å²) in [6.07, 6.45) is 2.59. The number of sulfonamides is 1. The molecule has 0 aromatic heterocycles. The smallest absolute Gasteiger partial charge is 0.244 e. The van der Waals surface area contributed by atoms with E-state index in [4.69, 9.17) is 22.0 Å². The van der Waals surface area contributed by atoms with Crippen LogP contribution in [0.3, 0.4) is 0 Å². The maximum Gasteiger partial charge on any atom is 0.244 e. The van der Waals surface area contributed by atoms with E-state index in [1.165, 1.54) is 22.5 Å². The van der Waals surface area contributed by atoms with Gasteiger partial charge in [0.05, 0.1) is 23.3 Å². The summed E-state index contributed by atoms with van der Waals surface area (Å²) in [6, 6.07) is 5.96. The van der Waals surface area contributed by atoms with Gasteiger partial charge in [0.2, 0.25) is 10.0 Å². The molecule has 1 aliphatic rings. The number of halogens is 1. The van der Waals surface area contributed by atoms with Crippen LogP contribution in [0.2, 0.25) is 5.02 Å². The van der Waals surface area contributed by atoms with Crippen LogP contribution in [0.25, 0.3) is 0 Å². The number of benzene rings is 1. The fourth-order valence-corrected chi connectivity index (χ4v) is 4.37. The molecule has 108 valence electrons. The molecule has 7 heteroatoms. The molecule has 2 rings (SSSR count). The second kappa shape index (κ2) is 6.10. The van der Waals surface area contributed by atoms with E-state index < -0.39 is 10.0 Å². The van der Waals surface area contributed by atoms with Crippen molar-refractivity contribution in [1.29, 1.82) is 5.26 Å². The number of nitriles is 1. The Kier molecular flexibility index (Phi) is 4.66. The van der Waals surface area contributed by atoms with E-state index in [1.54, 1.807) is 0 Å². The van der Waals surface area contributed by atoms with Crippen LogP contribution in [0.4, 0.5) is 0 Å². The average molecular weight is 315 g/mol. The maximum absolute atomic E-state index is 12.6. The van der Waals surface area contributed by atoms with Crippen molar-refractivity contribution >= 4 is 21.6 Å². The quantitative estimate of drug-likeness (QED) is 0.897. The summed E-state index contributed by atoms with van der Waals surface area (Å²) in [6.45, 7) is -0.174. The minimum absolute atomic E-state index is 0.0153. The van der Waals surface area contributed by atoms with Crippen LogP contribution in [0.5, 0.6) is 0 Å². The van der Waals surface area contributed by atoms with Crippen molar-refractivity contribution in [2.45, 2.75) is 30.2 Å². The molecule has 0 atom stereocenters. The van der Waals surface area contributed by atoms with Crippen molar-refractivity contribution in [3.05, 3.63) is 28.8 Å². The van der Waals surface area contributed by atoms with Crippen molar-refractivity contribution < 1.29 is 13.5 Å². The van der Waals surface area contributed by atoms with Crippen molar-refractivity contribution in [2.75, 3.05) is 13.2 Å². The molecule has 1 N–H and O–H groups in total. The molecule has 1 aliphatic carbocycles. The highest BCUT2D eigenvalue weighted by Crippen LogP contribution is 2.32. The van der Waals surface area contributed by atoms with Crippen LogP contribution in [0.1, 0.15) is 24.8 Å². The van der Waals surface area contributed by atoms with E-state index in [0.29, 0.717) is 5.56 Å². The largest absolute Gasteiger partial charge is 0.395 e. The lowest BCUT2D eigenvalue weighted by Crippen LogP contribution is -2.45. The number of hydrogen-bond donors (Lipinski definition) is 1. The van der Waals surface area contributed by atoms with E-state index in [9.17, 15) is 8.42 Å². The number of aliphatic hydroxyl groups is 1. The third-order valence-electron chi connectivity index (χ3n) is 3.45. The number of aliphatic hydroxyl groups excluding tert-OH is 1. The second-order valence-electron chi connectivity index (χ2n) is 4.68. The SMILES string of the molecule is N#Cc1ccc(S(=O)(=O)N(CCO)C2CCC2)c(Cl)c1. The van der Waals surface area contributed by atoms with Crippen LogP contribution in [-0.4, -0.2) is 37.0 Å². The van der Waals surface area contributed by atoms with Crippen LogP contribution < -0.4 is 0 Å². The molecule has 1 saturated carbocycles. The van der Waals surface area contributed by atoms with Crippen LogP contribution in [0, 0.1) is 11.3 Å². The molecule has 1 aromatic carbocycles. The van der Waals surface area contributed by atoms with Gasteiger partial charge in [-0.1, -0.05) is 18.0 Å². The topological polar surface area (TPSA) is 81.4 Å². The average Bonchev–Trinajstić information content (AvgIpc) is 2.35. The lowest BCUT2D eigenvalue weighted by atomic mass is 9.93. The molecular weight excluding hydrogens is 300 g/mol. The van der Waals surface area contributed by atoms with Gasteiger partial charge in [-0.25, -0.2) is 8.42 Å². The number of rotatable bonds is 5. The molecule has 0 saturated heterocycles. The van der Waals surface area contributed by atoms with E-state index in [-0.39, 0.29) is 29.1 Å². The Morgan fingerprint density at radius 3 is 2.60 bits per heavy atom. The van der Waals surface area contributed by atoms with Crippen LogP contribution in [0.15, 0.2) is 23.1 Å². The summed E-state index contributed by atoms with van der Waals surface area (Å²) in [5, 5.41) is 17.9. The van der Waals surface area contributed by atoms with E-state index in [1.807, 2.05) is 6.07 Å². The Bertz CT molecular complexity index is 636. The summed E-state index contributed by atoms with van der Waals surface area (Å²) < 4.78 is 26.6. The summed E-state index contributed by atoms with van der Waals surface area (Å²) in [7, 11) is -3.75. The first kappa shape index (κ1) is 15.3. The Morgan fingerprint density at radius 2 is 2.15 bits per heavy atom. The minimum atomic E-state index is -3.75. The van der Waals surface area contributed by atoms with E-state index in [2.05, 4.69) is 0 Å². The third kappa shape index (κ3) is 2.81. The predicted octanol–water partition coefficient (Wildman–Crippen LogP) is 1.75. The van der Waals surface area contributed by atoms with Gasteiger partial charge in [0.1, 0.15) is 4.90 Å². The maximum atomic E-state index is 12.6. The van der Waals surface area contributed by atoms with Gasteiger partial charge in [-0.15, -0.1) is 0 Å². The summed E-state index contributed by atoms with van der Waals surface area (Å²) in [5.41, 5.74) is 0.311. The summed E-state index contributed by atoms with van der Waals surface area (Å²) in [4.78, 5) is -0.0153. The molecule has 1 fully saturated rings. The Hall–Kier alpha value is -1.13. The zero-order valence-corrected chi connectivity index (χ0v) is 12.4. The molecular formula is C13H15ClN2O3S. The molecule has 0 aliphatic heterocycles. The zero-order valence-electron chi connectivity index (χ0n) is 10.8. The van der Waals surface area contributed by atoms with Gasteiger partial charge >= 0.3 is 0 Å². The Balaban J connectivity index is 2.39. The molecule has 1 aromatic rings. The fourth-order valence-electron chi connectivity index (χ4n) is 2.18. The molecule has 0 radical (unpaired) electrons. The molecule has 20 heavy (non-hydrogen) atoms. The van der Waals surface area contributed by atoms with Gasteiger partial charge in [0.25, 0.3) is 0 Å². The second-order valence-corrected chi connectivity index (χ2v) is 6.95. The first-order valence-electron chi connectivity index (χ1n) is 6.33. The van der Waals surface area contributed by atoms with Crippen molar-refractivity contribution in [2.24, 2.45) is 0 Å². The lowest BCUT2D eigenvalue weighted by Gasteiger charge is -2.36. The lowest BCUT2D eigenvalue weighted by molar-refractivity contribution is 0.178. The number of nitrogens with zero attached hydrogens (tertiary/aromatic N) is 2. The van der Waals surface area contributed by atoms with E-state index >= 15 is 0 Å². The predicted molar refractivity (Wildman–Crippen MR) is 74.8 cm³/mol. The highest BCUT2D eigenvalue weighted by Gasteiger charge is 2.35. The van der Waals surface area contributed by atoms with Crippen LogP contribution >= 0.6 is 11.6 Å². The van der Waals surface area contributed by atoms with Gasteiger partial charge in [-0.2, -0.15) is 9.57 Å². The monoisotopic (exact) mass is 314 g/mol. The van der Waals surface area contributed by atoms with Crippen molar-refractivity contribution in [3.63, 3.8) is 0 Å². The van der Waals surface area contributed by atoms with Crippen molar-refractivity contribution in [1.82, 2.24) is 4.31 Å². The van der Waals surface area contributed by atoms with Gasteiger partial charge in [0, 0.05) is 12.6 Å². The Labute approximate surface area is 123 Å². The van der Waals surface area contributed by atoms with Gasteiger partial charge in [-0.05, 0) is 31.0 Å². The highest BCUT2D eigenvalue weighted by atomic mass is 35.5. The zero-order chi connectivity index (χ0) is 14.8. The molecule has 0 bridgehead atoms. The molecule has 0 spiro atoms. The minimum Gasteiger partial charge on any atom is -0.395 e. The third-order valence-corrected chi connectivity index (χ3v) is 5.88. The first-order valence-corrected chi connectivity index (χ1v) is 8.15. The van der Waals surface area contributed by atoms with Gasteiger partial charge < -0.3 is 5.11 Å². The van der Waals surface area contributed by atoms with Gasteiger partial charge in [0.15, 0.2) is 0 Å². The summed E-state index contributed by atoms with van der Waals surface area (Å²) >= 11 is 5.98. The normalized spacial score (nSPS) is 15.9. The molecule has 5 nitrogen and oxygen atoms in total. The van der Waals surface area contributed by atoms with E-state index in [0.717, 1.165) is 19.3 Å². The van der Waals surface area contributed by atoms with Crippen molar-refractivity contribution in [3.8, 4) is 6.07 Å². The standard InChI is InChI=1S/C13H15ClN2O3S/c14-12-8-10(9-15)4-5-13(12)20(18,19)16(6-7-17)11-2-1-3-11/h4-5,8,11,17H,1-3,6-7H2. The molecule has 0 amide bonds. The molecule has 0 unspecified atom stereocenters. The summed E-state index contributed by atoms with van der Waals surface area (Å²) in [5.74, 6) is 0. The Morgan fingerprint density at radius 1 is 1.45 bits per heavy atom. The molecule has 0 heterocycles. The van der Waals surface area contributed by atoms with Crippen LogP contribution in [-0.2, 0) is 10.0 Å². The van der Waals surface area contributed by atoms with Gasteiger partial charge in [-0.3, -0.25) is 0 Å². The first-order chi connectivity index (χ1) is 9.50. The number of hydrogen-bond acceptors (Lipinski definition) is 4.